The van der Waals surface area contributed by atoms with Gasteiger partial charge in [-0.3, -0.25) is 0 Å². The van der Waals surface area contributed by atoms with Crippen molar-refractivity contribution in [3.63, 3.8) is 0 Å². The molecular formula is C42H30N2OP+. The van der Waals surface area contributed by atoms with Crippen molar-refractivity contribution in [1.82, 2.24) is 9.13 Å². The molecule has 0 aliphatic heterocycles. The maximum absolute atomic E-state index is 13.2. The van der Waals surface area contributed by atoms with E-state index < -0.39 is 7.49 Å². The lowest BCUT2D eigenvalue weighted by Gasteiger charge is -2.22. The molecule has 0 saturated carbocycles. The van der Waals surface area contributed by atoms with Crippen molar-refractivity contribution in [3.8, 4) is 11.4 Å². The Kier molecular flexibility index (Phi) is 6.18. The van der Waals surface area contributed by atoms with Crippen LogP contribution in [0.4, 0.5) is 0 Å². The number of aromatic nitrogens is 2. The van der Waals surface area contributed by atoms with Crippen molar-refractivity contribution in [2.24, 2.45) is 0 Å². The lowest BCUT2D eigenvalue weighted by atomic mass is 10.2. The fourth-order valence-electron chi connectivity index (χ4n) is 7.16. The van der Waals surface area contributed by atoms with Crippen molar-refractivity contribution in [2.45, 2.75) is 0 Å². The summed E-state index contributed by atoms with van der Waals surface area (Å²) in [5, 5.41) is 7.58. The summed E-state index contributed by atoms with van der Waals surface area (Å²) in [6.45, 7) is 0. The number of nitrogens with zero attached hydrogens (tertiary/aromatic N) is 2. The zero-order chi connectivity index (χ0) is 30.7. The minimum absolute atomic E-state index is 0.904. The molecule has 9 rings (SSSR count). The maximum Gasteiger partial charge on any atom is 0.238 e. The minimum atomic E-state index is -3.05. The van der Waals surface area contributed by atoms with E-state index in [1.165, 1.54) is 21.5 Å². The van der Waals surface area contributed by atoms with Crippen LogP contribution in [0, 0.1) is 0 Å². The highest BCUT2D eigenvalue weighted by molar-refractivity contribution is 7.91. The van der Waals surface area contributed by atoms with Gasteiger partial charge in [0.15, 0.2) is 0 Å². The maximum atomic E-state index is 13.2. The first-order valence-electron chi connectivity index (χ1n) is 15.6. The molecule has 0 fully saturated rings. The Bertz CT molecular complexity index is 2270. The molecule has 46 heavy (non-hydrogen) atoms. The fourth-order valence-corrected chi connectivity index (χ4v) is 9.90. The van der Waals surface area contributed by atoms with Gasteiger partial charge in [-0.05, 0) is 54.6 Å². The zero-order valence-corrected chi connectivity index (χ0v) is 25.9. The van der Waals surface area contributed by atoms with Crippen LogP contribution in [0.1, 0.15) is 0 Å². The van der Waals surface area contributed by atoms with Crippen LogP contribution < -0.4 is 15.9 Å². The average molecular weight is 610 g/mol. The molecule has 0 unspecified atom stereocenters. The normalized spacial score (nSPS) is 12.0. The first-order chi connectivity index (χ1) is 22.7. The van der Waals surface area contributed by atoms with E-state index >= 15 is 0 Å². The monoisotopic (exact) mass is 609 g/mol. The van der Waals surface area contributed by atoms with E-state index in [1.807, 2.05) is 36.4 Å². The van der Waals surface area contributed by atoms with Crippen LogP contribution in [0.5, 0.6) is 0 Å². The van der Waals surface area contributed by atoms with Crippen molar-refractivity contribution < 1.29 is 4.89 Å². The van der Waals surface area contributed by atoms with Gasteiger partial charge < -0.3 is 9.13 Å². The predicted octanol–water partition coefficient (Wildman–Crippen LogP) is 9.08. The third kappa shape index (κ3) is 4.00. The van der Waals surface area contributed by atoms with Crippen molar-refractivity contribution in [2.75, 3.05) is 0 Å². The molecular weight excluding hydrogens is 579 g/mol. The summed E-state index contributed by atoms with van der Waals surface area (Å²) in [5.74, 6) is 0. The molecule has 0 amide bonds. The summed E-state index contributed by atoms with van der Waals surface area (Å²) in [7, 11) is -3.05. The molecule has 2 heterocycles. The van der Waals surface area contributed by atoms with Gasteiger partial charge in [-0.2, -0.15) is 0 Å². The summed E-state index contributed by atoms with van der Waals surface area (Å²) in [6.07, 6.45) is 0. The highest BCUT2D eigenvalue weighted by Gasteiger charge is 2.45. The summed E-state index contributed by atoms with van der Waals surface area (Å²) >= 11 is 0. The zero-order valence-electron chi connectivity index (χ0n) is 25.0. The topological polar surface area (TPSA) is 30.1 Å². The van der Waals surface area contributed by atoms with E-state index in [9.17, 15) is 4.89 Å². The first kappa shape index (κ1) is 26.9. The van der Waals surface area contributed by atoms with Crippen LogP contribution in [0.25, 0.3) is 55.0 Å². The molecule has 0 spiro atoms. The summed E-state index contributed by atoms with van der Waals surface area (Å²) in [5.41, 5.74) is 6.56. The molecule has 4 heteroatoms. The molecule has 218 valence electrons. The van der Waals surface area contributed by atoms with Gasteiger partial charge in [-0.25, -0.2) is 4.89 Å². The van der Waals surface area contributed by atoms with E-state index in [1.54, 1.807) is 0 Å². The number of hydrogen-bond acceptors (Lipinski definition) is 1. The van der Waals surface area contributed by atoms with E-state index in [0.29, 0.717) is 0 Å². The Morgan fingerprint density at radius 3 is 0.978 bits per heavy atom. The van der Waals surface area contributed by atoms with E-state index in [-0.39, 0.29) is 0 Å². The van der Waals surface area contributed by atoms with Gasteiger partial charge in [0.2, 0.25) is 7.49 Å². The van der Waals surface area contributed by atoms with Gasteiger partial charge in [0.05, 0.1) is 33.4 Å². The van der Waals surface area contributed by atoms with E-state index in [2.05, 4.69) is 149 Å². The molecule has 7 aromatic carbocycles. The van der Waals surface area contributed by atoms with E-state index in [4.69, 9.17) is 0 Å². The predicted molar refractivity (Wildman–Crippen MR) is 196 cm³/mol. The quantitative estimate of drug-likeness (QED) is 0.194. The Morgan fingerprint density at radius 1 is 0.326 bits per heavy atom. The third-order valence-corrected chi connectivity index (χ3v) is 12.3. The lowest BCUT2D eigenvalue weighted by Crippen LogP contribution is -2.31. The molecule has 1 N–H and O–H groups in total. The lowest BCUT2D eigenvalue weighted by molar-refractivity contribution is 0.633. The van der Waals surface area contributed by atoms with Gasteiger partial charge >= 0.3 is 0 Å². The van der Waals surface area contributed by atoms with Gasteiger partial charge in [0.25, 0.3) is 0 Å². The second kappa shape index (κ2) is 10.6. The molecule has 0 atom stereocenters. The van der Waals surface area contributed by atoms with Crippen LogP contribution in [0.15, 0.2) is 176 Å². The highest BCUT2D eigenvalue weighted by atomic mass is 31.2. The molecule has 0 saturated heterocycles. The second-order valence-corrected chi connectivity index (χ2v) is 14.6. The highest BCUT2D eigenvalue weighted by Crippen LogP contribution is 2.52. The molecule has 0 aliphatic carbocycles. The number of hydrogen-bond donors (Lipinski definition) is 1. The Hall–Kier alpha value is -5.47. The Labute approximate surface area is 267 Å². The molecule has 0 bridgehead atoms. The number of rotatable bonds is 5. The molecule has 2 aromatic heterocycles. The third-order valence-electron chi connectivity index (χ3n) is 9.20. The number of para-hydroxylation sites is 4. The van der Waals surface area contributed by atoms with Crippen LogP contribution in [-0.2, 0) is 0 Å². The SMILES string of the molecule is O[P+](c1ccccc1)(c1ccccc1)c1cc(-n2c3ccccc3c3ccccc32)cc(-n2c3ccccc3c3ccccc32)c1. The molecule has 0 aliphatic rings. The summed E-state index contributed by atoms with van der Waals surface area (Å²) in [6, 6.07) is 61.5. The fraction of sp³-hybridized carbons (Fsp3) is 0. The summed E-state index contributed by atoms with van der Waals surface area (Å²) in [4.78, 5) is 13.2. The van der Waals surface area contributed by atoms with Gasteiger partial charge in [-0.1, -0.05) is 109 Å². The number of benzene rings is 7. The van der Waals surface area contributed by atoms with Gasteiger partial charge in [0.1, 0.15) is 15.9 Å². The van der Waals surface area contributed by atoms with Gasteiger partial charge in [0, 0.05) is 33.7 Å². The average Bonchev–Trinajstić information content (AvgIpc) is 3.65. The molecule has 3 nitrogen and oxygen atoms in total. The molecule has 0 radical (unpaired) electrons. The Balaban J connectivity index is 1.44. The summed E-state index contributed by atoms with van der Waals surface area (Å²) < 4.78 is 4.71. The largest absolute Gasteiger partial charge is 0.309 e. The van der Waals surface area contributed by atoms with Gasteiger partial charge in [-0.15, -0.1) is 0 Å². The van der Waals surface area contributed by atoms with Crippen LogP contribution in [-0.4, -0.2) is 14.0 Å². The second-order valence-electron chi connectivity index (χ2n) is 11.8. The van der Waals surface area contributed by atoms with Crippen LogP contribution >= 0.6 is 7.49 Å². The van der Waals surface area contributed by atoms with Crippen LogP contribution in [0.2, 0.25) is 0 Å². The minimum Gasteiger partial charge on any atom is -0.309 e. The smallest absolute Gasteiger partial charge is 0.238 e. The van der Waals surface area contributed by atoms with Crippen LogP contribution in [0.3, 0.4) is 0 Å². The number of fused-ring (bicyclic) bond motifs is 6. The molecule has 9 aromatic rings. The van der Waals surface area contributed by atoms with E-state index in [0.717, 1.165) is 49.4 Å². The Morgan fingerprint density at radius 2 is 0.630 bits per heavy atom. The van der Waals surface area contributed by atoms with Crippen molar-refractivity contribution in [3.05, 3.63) is 176 Å². The van der Waals surface area contributed by atoms with Crippen molar-refractivity contribution in [1.29, 1.82) is 0 Å². The first-order valence-corrected chi connectivity index (χ1v) is 17.3. The standard InChI is InChI=1S/C42H30N2OP/c45-46(32-15-3-1-4-16-32,33-17-5-2-6-18-33)34-28-30(43-39-23-11-7-19-35(39)36-20-8-12-24-40(36)43)27-31(29-34)44-41-25-13-9-21-37(41)38-22-10-14-26-42(38)44/h1-29,45H/q+1. The van der Waals surface area contributed by atoms with Crippen molar-refractivity contribution >= 4 is 67.0 Å².